The smallest absolute Gasteiger partial charge is 0.120 e. The summed E-state index contributed by atoms with van der Waals surface area (Å²) in [6.45, 7) is 15.2. The van der Waals surface area contributed by atoms with Crippen LogP contribution in [0.1, 0.15) is 25.8 Å². The molecule has 1 atom stereocenters. The van der Waals surface area contributed by atoms with Gasteiger partial charge in [0.05, 0.1) is 0 Å². The summed E-state index contributed by atoms with van der Waals surface area (Å²) in [5.74, 6) is 1.80. The molecule has 0 aliphatic heterocycles. The molecule has 1 rings (SSSR count). The third-order valence-electron chi connectivity index (χ3n) is 3.46. The second kappa shape index (κ2) is 13.4. The van der Waals surface area contributed by atoms with E-state index in [9.17, 15) is 4.79 Å². The molecule has 1 aromatic rings. The molecule has 0 saturated carbocycles. The molecule has 0 heterocycles. The van der Waals surface area contributed by atoms with Crippen LogP contribution in [-0.4, -0.2) is 19.0 Å². The third kappa shape index (κ3) is 8.29. The van der Waals surface area contributed by atoms with Crippen LogP contribution in [0, 0.1) is 0 Å². The summed E-state index contributed by atoms with van der Waals surface area (Å²) in [6.07, 6.45) is 7.43. The lowest BCUT2D eigenvalue weighted by molar-refractivity contribution is 0.568. The summed E-state index contributed by atoms with van der Waals surface area (Å²) >= 11 is 0. The Morgan fingerprint density at radius 1 is 1.31 bits per heavy atom. The van der Waals surface area contributed by atoms with Crippen molar-refractivity contribution in [3.63, 3.8) is 0 Å². The minimum Gasteiger partial charge on any atom is -0.393 e. The standard InChI is InChI=1S/C20H24N2O.C3H6/c1-15(2)20(21)18(11-8-12-23)13-19(14-22-4)16(3)17-9-6-5-7-10-17;1-3-2/h5-10,13-14,20,22H,1,3,11,21H2,2,4H3;3H,1H2,2H3/b18-13-,19-14-;. The molecule has 0 aliphatic rings. The minimum absolute atomic E-state index is 0.316. The molecule has 3 N–H and O–H groups in total. The van der Waals surface area contributed by atoms with Gasteiger partial charge in [0.1, 0.15) is 5.94 Å². The number of nitrogens with two attached hydrogens (primary N) is 1. The first-order valence-corrected chi connectivity index (χ1v) is 8.42. The lowest BCUT2D eigenvalue weighted by Gasteiger charge is -2.17. The van der Waals surface area contributed by atoms with Gasteiger partial charge in [0.25, 0.3) is 0 Å². The average Bonchev–Trinajstić information content (AvgIpc) is 2.64. The largest absolute Gasteiger partial charge is 0.393 e. The van der Waals surface area contributed by atoms with Crippen molar-refractivity contribution < 1.29 is 4.79 Å². The average molecular weight is 351 g/mol. The molecule has 0 radical (unpaired) electrons. The van der Waals surface area contributed by atoms with Gasteiger partial charge >= 0.3 is 0 Å². The van der Waals surface area contributed by atoms with Crippen LogP contribution in [0.5, 0.6) is 0 Å². The number of rotatable bonds is 8. The van der Waals surface area contributed by atoms with Crippen LogP contribution in [0.25, 0.3) is 5.57 Å². The number of carbonyl (C=O) groups excluding carboxylic acids is 1. The second-order valence-electron chi connectivity index (χ2n) is 5.71. The van der Waals surface area contributed by atoms with E-state index >= 15 is 0 Å². The summed E-state index contributed by atoms with van der Waals surface area (Å²) in [5, 5.41) is 3.03. The van der Waals surface area contributed by atoms with Crippen molar-refractivity contribution in [1.82, 2.24) is 5.32 Å². The van der Waals surface area contributed by atoms with E-state index in [4.69, 9.17) is 5.73 Å². The fraction of sp³-hybridized carbons (Fsp3) is 0.217. The van der Waals surface area contributed by atoms with Crippen molar-refractivity contribution >= 4 is 11.5 Å². The van der Waals surface area contributed by atoms with Crippen molar-refractivity contribution in [2.75, 3.05) is 7.05 Å². The Hall–Kier alpha value is -2.87. The summed E-state index contributed by atoms with van der Waals surface area (Å²) in [4.78, 5) is 10.6. The van der Waals surface area contributed by atoms with E-state index in [0.717, 1.165) is 27.9 Å². The monoisotopic (exact) mass is 350 g/mol. The highest BCUT2D eigenvalue weighted by Gasteiger charge is 2.11. The van der Waals surface area contributed by atoms with Crippen LogP contribution in [-0.2, 0) is 4.79 Å². The Morgan fingerprint density at radius 2 is 1.88 bits per heavy atom. The van der Waals surface area contributed by atoms with Gasteiger partial charge in [-0.2, -0.15) is 0 Å². The summed E-state index contributed by atoms with van der Waals surface area (Å²) < 4.78 is 0. The van der Waals surface area contributed by atoms with Gasteiger partial charge in [-0.25, -0.2) is 4.79 Å². The molecule has 26 heavy (non-hydrogen) atoms. The molecular formula is C23H30N2O. The first kappa shape index (κ1) is 23.1. The second-order valence-corrected chi connectivity index (χ2v) is 5.71. The normalized spacial score (nSPS) is 12.0. The van der Waals surface area contributed by atoms with Crippen LogP contribution < -0.4 is 11.1 Å². The van der Waals surface area contributed by atoms with Gasteiger partial charge in [-0.15, -0.1) is 6.58 Å². The molecule has 1 unspecified atom stereocenters. The van der Waals surface area contributed by atoms with Gasteiger partial charge in [0.2, 0.25) is 0 Å². The topological polar surface area (TPSA) is 55.1 Å². The van der Waals surface area contributed by atoms with Crippen LogP contribution >= 0.6 is 0 Å². The Kier molecular flexibility index (Phi) is 11.9. The maximum Gasteiger partial charge on any atom is 0.120 e. The van der Waals surface area contributed by atoms with Gasteiger partial charge in [0, 0.05) is 25.4 Å². The molecule has 138 valence electrons. The Balaban J connectivity index is 0.00000194. The van der Waals surface area contributed by atoms with Gasteiger partial charge in [-0.3, -0.25) is 0 Å². The number of hydrogen-bond acceptors (Lipinski definition) is 3. The molecule has 1 aromatic carbocycles. The number of allylic oxidation sites excluding steroid dienone is 5. The molecule has 3 nitrogen and oxygen atoms in total. The summed E-state index contributed by atoms with van der Waals surface area (Å²) in [5.41, 5.74) is 10.7. The van der Waals surface area contributed by atoms with E-state index in [0.29, 0.717) is 6.42 Å². The zero-order chi connectivity index (χ0) is 19.9. The predicted molar refractivity (Wildman–Crippen MR) is 114 cm³/mol. The molecule has 3 heteroatoms. The van der Waals surface area contributed by atoms with Crippen LogP contribution in [0.3, 0.4) is 0 Å². The fourth-order valence-corrected chi connectivity index (χ4v) is 2.13. The van der Waals surface area contributed by atoms with Gasteiger partial charge in [0.15, 0.2) is 0 Å². The predicted octanol–water partition coefficient (Wildman–Crippen LogP) is 4.60. The molecule has 0 aromatic heterocycles. The summed E-state index contributed by atoms with van der Waals surface area (Å²) in [7, 11) is 1.83. The van der Waals surface area contributed by atoms with E-state index in [1.807, 2.05) is 63.5 Å². The van der Waals surface area contributed by atoms with Crippen molar-refractivity contribution in [2.24, 2.45) is 5.73 Å². The van der Waals surface area contributed by atoms with Gasteiger partial charge in [-0.1, -0.05) is 61.2 Å². The van der Waals surface area contributed by atoms with Crippen molar-refractivity contribution in [2.45, 2.75) is 26.3 Å². The van der Waals surface area contributed by atoms with E-state index in [1.165, 1.54) is 6.08 Å². The molecule has 0 spiro atoms. The highest BCUT2D eigenvalue weighted by Crippen LogP contribution is 2.25. The summed E-state index contributed by atoms with van der Waals surface area (Å²) in [6, 6.07) is 9.59. The third-order valence-corrected chi connectivity index (χ3v) is 3.46. The van der Waals surface area contributed by atoms with E-state index in [-0.39, 0.29) is 6.04 Å². The first-order chi connectivity index (χ1) is 12.4. The highest BCUT2D eigenvalue weighted by atomic mass is 16.1. The molecule has 0 saturated heterocycles. The van der Waals surface area contributed by atoms with Crippen molar-refractivity contribution in [1.29, 1.82) is 0 Å². The van der Waals surface area contributed by atoms with Gasteiger partial charge < -0.3 is 11.1 Å². The lowest BCUT2D eigenvalue weighted by Crippen LogP contribution is -2.23. The van der Waals surface area contributed by atoms with Crippen LogP contribution in [0.4, 0.5) is 0 Å². The van der Waals surface area contributed by atoms with Crippen molar-refractivity contribution in [3.05, 3.63) is 96.8 Å². The number of hydrogen-bond donors (Lipinski definition) is 2. The molecule has 0 fully saturated rings. The maximum atomic E-state index is 10.6. The van der Waals surface area contributed by atoms with Crippen molar-refractivity contribution in [3.8, 4) is 0 Å². The molecular weight excluding hydrogens is 320 g/mol. The zero-order valence-electron chi connectivity index (χ0n) is 16.1. The fourth-order valence-electron chi connectivity index (χ4n) is 2.13. The molecule has 0 amide bonds. The molecule has 0 bridgehead atoms. The Bertz CT molecular complexity index is 705. The highest BCUT2D eigenvalue weighted by molar-refractivity contribution is 5.80. The zero-order valence-corrected chi connectivity index (χ0v) is 16.1. The van der Waals surface area contributed by atoms with E-state index in [1.54, 1.807) is 12.0 Å². The minimum atomic E-state index is -0.316. The van der Waals surface area contributed by atoms with Gasteiger partial charge in [-0.05, 0) is 42.6 Å². The Labute approximate surface area is 158 Å². The SMILES string of the molecule is C=C(C(=C\NC)/C=C(/CC=C=O)C(N)C(=C)C)c1ccccc1.C=CC. The van der Waals surface area contributed by atoms with E-state index in [2.05, 4.69) is 25.1 Å². The Morgan fingerprint density at radius 3 is 2.35 bits per heavy atom. The van der Waals surface area contributed by atoms with Crippen LogP contribution in [0.15, 0.2) is 91.2 Å². The number of nitrogens with one attached hydrogen (secondary N) is 1. The number of benzene rings is 1. The lowest BCUT2D eigenvalue weighted by atomic mass is 9.93. The first-order valence-electron chi connectivity index (χ1n) is 8.42. The molecule has 0 aliphatic carbocycles. The van der Waals surface area contributed by atoms with Crippen LogP contribution in [0.2, 0.25) is 0 Å². The van der Waals surface area contributed by atoms with E-state index < -0.39 is 0 Å². The quantitative estimate of drug-likeness (QED) is 0.409. The maximum absolute atomic E-state index is 10.6.